The summed E-state index contributed by atoms with van der Waals surface area (Å²) in [7, 11) is -3.02. The van der Waals surface area contributed by atoms with E-state index in [4.69, 9.17) is 31.9 Å². The smallest absolute Gasteiger partial charge is 0.437 e. The molecule has 9 nitrogen and oxygen atoms in total. The topological polar surface area (TPSA) is 140 Å². The first kappa shape index (κ1) is 28.2. The number of nitrogens with zero attached hydrogens (tertiary/aromatic N) is 3. The zero-order valence-electron chi connectivity index (χ0n) is 19.9. The van der Waals surface area contributed by atoms with E-state index < -0.39 is 27.8 Å². The maximum Gasteiger partial charge on any atom is 0.437 e. The number of hydrogen-bond acceptors (Lipinski definition) is 6. The van der Waals surface area contributed by atoms with Crippen molar-refractivity contribution in [3.8, 4) is 22.8 Å². The van der Waals surface area contributed by atoms with Crippen molar-refractivity contribution in [2.45, 2.75) is 25.0 Å². The van der Waals surface area contributed by atoms with Gasteiger partial charge in [0.15, 0.2) is 17.4 Å². The van der Waals surface area contributed by atoms with Gasteiger partial charge in [-0.25, -0.2) is 23.5 Å². The average Bonchev–Trinajstić information content (AvgIpc) is 2.79. The standard InChI is InChI=1S/C24H27ClF2N4O5S/c1-37(34,31-24(32)33)14-15-9-17(28)12-18(10-15)35-7-3-2-4-8-36-21-11-16(5-6-19(21)26)22-20(27)13-29-23(25)30-22/h5-6,9-13,37H,2-4,7-8,14,28H2,1H3,(H,31,34)(H,32,33). The predicted octanol–water partition coefficient (Wildman–Crippen LogP) is 5.64. The van der Waals surface area contributed by atoms with Gasteiger partial charge in [-0.3, -0.25) is 0 Å². The van der Waals surface area contributed by atoms with Crippen molar-refractivity contribution in [1.29, 1.82) is 0 Å². The van der Waals surface area contributed by atoms with Crippen LogP contribution < -0.4 is 15.2 Å². The number of unbranched alkanes of at least 4 members (excludes halogenated alkanes) is 2. The second kappa shape index (κ2) is 12.7. The van der Waals surface area contributed by atoms with Gasteiger partial charge in [-0.15, -0.1) is 0 Å². The van der Waals surface area contributed by atoms with Gasteiger partial charge in [-0.1, -0.05) is 10.1 Å². The molecule has 0 aliphatic rings. The Balaban J connectivity index is 1.46. The fourth-order valence-electron chi connectivity index (χ4n) is 3.49. The molecule has 0 aliphatic heterocycles. The van der Waals surface area contributed by atoms with Crippen molar-refractivity contribution in [2.24, 2.45) is 4.36 Å². The minimum atomic E-state index is -3.02. The van der Waals surface area contributed by atoms with E-state index in [1.165, 1.54) is 24.5 Å². The molecule has 1 amide bonds. The second-order valence-electron chi connectivity index (χ2n) is 8.28. The van der Waals surface area contributed by atoms with Crippen molar-refractivity contribution >= 4 is 33.5 Å². The predicted molar refractivity (Wildman–Crippen MR) is 140 cm³/mol. The van der Waals surface area contributed by atoms with Crippen molar-refractivity contribution < 1.29 is 32.7 Å². The van der Waals surface area contributed by atoms with E-state index in [9.17, 15) is 18.1 Å². The molecule has 1 heterocycles. The van der Waals surface area contributed by atoms with Crippen LogP contribution in [0, 0.1) is 11.6 Å². The molecule has 0 aliphatic carbocycles. The molecule has 2 aromatic carbocycles. The van der Waals surface area contributed by atoms with Crippen LogP contribution in [-0.2, 0) is 15.9 Å². The lowest BCUT2D eigenvalue weighted by molar-refractivity contribution is 0.206. The fraction of sp³-hybridized carbons (Fsp3) is 0.292. The first-order valence-electron chi connectivity index (χ1n) is 11.2. The molecule has 200 valence electrons. The Morgan fingerprint density at radius 1 is 1.11 bits per heavy atom. The molecule has 0 atom stereocenters. The number of nitrogens with two attached hydrogens (primary N) is 1. The zero-order valence-corrected chi connectivity index (χ0v) is 21.6. The summed E-state index contributed by atoms with van der Waals surface area (Å²) < 4.78 is 53.0. The van der Waals surface area contributed by atoms with Gasteiger partial charge in [-0.2, -0.15) is 4.36 Å². The van der Waals surface area contributed by atoms with E-state index in [-0.39, 0.29) is 29.1 Å². The van der Waals surface area contributed by atoms with Crippen LogP contribution in [0.5, 0.6) is 11.5 Å². The lowest BCUT2D eigenvalue weighted by atomic mass is 10.1. The highest BCUT2D eigenvalue weighted by Crippen LogP contribution is 2.28. The Morgan fingerprint density at radius 2 is 1.84 bits per heavy atom. The Kier molecular flexibility index (Phi) is 9.73. The Morgan fingerprint density at radius 3 is 2.57 bits per heavy atom. The summed E-state index contributed by atoms with van der Waals surface area (Å²) in [5.41, 5.74) is 7.21. The van der Waals surface area contributed by atoms with Crippen molar-refractivity contribution in [3.05, 3.63) is 65.1 Å². The van der Waals surface area contributed by atoms with Gasteiger partial charge in [-0.05, 0) is 73.0 Å². The van der Waals surface area contributed by atoms with E-state index >= 15 is 0 Å². The van der Waals surface area contributed by atoms with Gasteiger partial charge in [0.25, 0.3) is 0 Å². The summed E-state index contributed by atoms with van der Waals surface area (Å²) in [4.78, 5) is 18.2. The number of ether oxygens (including phenoxy) is 2. The monoisotopic (exact) mass is 556 g/mol. The SMILES string of the molecule is C[SH](O)(Cc1cc(N)cc(OCCCCCOc2cc(-c3nc(Cl)ncc3F)ccc2F)c1)=NC(=O)O. The number of amides is 1. The van der Waals surface area contributed by atoms with E-state index in [0.29, 0.717) is 42.0 Å². The number of carbonyl (C=O) groups is 1. The summed E-state index contributed by atoms with van der Waals surface area (Å²) >= 11 is 5.74. The molecule has 0 fully saturated rings. The lowest BCUT2D eigenvalue weighted by Gasteiger charge is -2.18. The van der Waals surface area contributed by atoms with Crippen LogP contribution in [0.3, 0.4) is 0 Å². The third-order valence-corrected chi connectivity index (χ3v) is 6.75. The highest BCUT2D eigenvalue weighted by Gasteiger charge is 2.13. The molecule has 3 rings (SSSR count). The maximum atomic E-state index is 14.2. The largest absolute Gasteiger partial charge is 0.494 e. The molecule has 13 heteroatoms. The highest BCUT2D eigenvalue weighted by atomic mass is 35.5. The number of aromatic nitrogens is 2. The van der Waals surface area contributed by atoms with Crippen LogP contribution in [0.25, 0.3) is 11.3 Å². The summed E-state index contributed by atoms with van der Waals surface area (Å²) in [6.45, 7) is 0.618. The number of thiol groups is 1. The minimum Gasteiger partial charge on any atom is -0.494 e. The molecule has 4 N–H and O–H groups in total. The fourth-order valence-corrected chi connectivity index (χ4v) is 4.94. The molecule has 0 saturated carbocycles. The van der Waals surface area contributed by atoms with Crippen LogP contribution in [0.4, 0.5) is 19.3 Å². The van der Waals surface area contributed by atoms with Gasteiger partial charge in [0.2, 0.25) is 5.28 Å². The zero-order chi connectivity index (χ0) is 27.0. The van der Waals surface area contributed by atoms with Crippen LogP contribution in [0.2, 0.25) is 5.28 Å². The lowest BCUT2D eigenvalue weighted by Crippen LogP contribution is -2.13. The first-order chi connectivity index (χ1) is 17.5. The third kappa shape index (κ3) is 8.92. The van der Waals surface area contributed by atoms with Crippen LogP contribution >= 0.6 is 11.6 Å². The second-order valence-corrected chi connectivity index (χ2v) is 11.3. The Hall–Kier alpha value is -3.35. The molecule has 1 aromatic heterocycles. The van der Waals surface area contributed by atoms with Crippen LogP contribution in [-0.4, -0.2) is 45.2 Å². The van der Waals surface area contributed by atoms with Gasteiger partial charge in [0.1, 0.15) is 11.4 Å². The Labute approximate surface area is 218 Å². The summed E-state index contributed by atoms with van der Waals surface area (Å²) in [5, 5.41) is 8.68. The quantitative estimate of drug-likeness (QED) is 0.103. The summed E-state index contributed by atoms with van der Waals surface area (Å²) in [5.74, 6) is -0.729. The van der Waals surface area contributed by atoms with Gasteiger partial charge >= 0.3 is 6.09 Å². The number of carboxylic acid groups (broad SMARTS) is 1. The van der Waals surface area contributed by atoms with Crippen molar-refractivity contribution in [3.63, 3.8) is 0 Å². The number of anilines is 1. The first-order valence-corrected chi connectivity index (χ1v) is 13.9. The van der Waals surface area contributed by atoms with E-state index in [0.717, 1.165) is 12.6 Å². The summed E-state index contributed by atoms with van der Waals surface area (Å²) in [6, 6.07) is 8.88. The number of halogens is 3. The highest BCUT2D eigenvalue weighted by molar-refractivity contribution is 7.98. The molecule has 37 heavy (non-hydrogen) atoms. The molecular weight excluding hydrogens is 530 g/mol. The van der Waals surface area contributed by atoms with E-state index in [1.807, 2.05) is 0 Å². The maximum absolute atomic E-state index is 14.2. The average molecular weight is 557 g/mol. The number of hydrogen-bond donors (Lipinski definition) is 4. The molecular formula is C24H27ClF2N4O5S. The third-order valence-electron chi connectivity index (χ3n) is 5.01. The molecule has 3 aromatic rings. The normalized spacial score (nSPS) is 11.7. The summed E-state index contributed by atoms with van der Waals surface area (Å²) in [6.07, 6.45) is 2.96. The molecule has 0 bridgehead atoms. The number of benzene rings is 2. The molecule has 0 unspecified atom stereocenters. The van der Waals surface area contributed by atoms with E-state index in [2.05, 4.69) is 14.3 Å². The van der Waals surface area contributed by atoms with Gasteiger partial charge < -0.3 is 24.9 Å². The van der Waals surface area contributed by atoms with Gasteiger partial charge in [0, 0.05) is 23.1 Å². The van der Waals surface area contributed by atoms with Crippen LogP contribution in [0.15, 0.2) is 47.0 Å². The van der Waals surface area contributed by atoms with Crippen molar-refractivity contribution in [1.82, 2.24) is 9.97 Å². The van der Waals surface area contributed by atoms with Gasteiger partial charge in [0.05, 0.1) is 19.4 Å². The number of nitrogen functional groups attached to an aromatic ring is 1. The van der Waals surface area contributed by atoms with Crippen molar-refractivity contribution in [2.75, 3.05) is 25.2 Å². The molecule has 0 spiro atoms. The minimum absolute atomic E-state index is 0.0245. The van der Waals surface area contributed by atoms with E-state index in [1.54, 1.807) is 18.2 Å². The molecule has 0 saturated heterocycles. The number of rotatable bonds is 11. The van der Waals surface area contributed by atoms with Crippen LogP contribution in [0.1, 0.15) is 24.8 Å². The Bertz CT molecular complexity index is 1320. The molecule has 0 radical (unpaired) electrons.